The Morgan fingerprint density at radius 3 is 2.70 bits per heavy atom. The van der Waals surface area contributed by atoms with Gasteiger partial charge < -0.3 is 9.47 Å². The third-order valence-electron chi connectivity index (χ3n) is 4.56. The Kier molecular flexibility index (Phi) is 5.26. The third-order valence-corrected chi connectivity index (χ3v) is 4.56. The molecule has 1 aliphatic carbocycles. The van der Waals surface area contributed by atoms with Crippen molar-refractivity contribution in [2.45, 2.75) is 32.8 Å². The third kappa shape index (κ3) is 4.00. The van der Waals surface area contributed by atoms with Crippen LogP contribution in [0.3, 0.4) is 0 Å². The predicted octanol–water partition coefficient (Wildman–Crippen LogP) is 4.86. The largest absolute Gasteiger partial charge is 0.454 e. The van der Waals surface area contributed by atoms with Crippen LogP contribution in [0, 0.1) is 6.92 Å². The molecule has 1 aliphatic rings. The molecule has 4 nitrogen and oxygen atoms in total. The molecule has 0 heterocycles. The Morgan fingerprint density at radius 2 is 2.00 bits per heavy atom. The summed E-state index contributed by atoms with van der Waals surface area (Å²) in [7, 11) is 0. The summed E-state index contributed by atoms with van der Waals surface area (Å²) in [4.78, 5) is 23.4. The highest BCUT2D eigenvalue weighted by Gasteiger charge is 2.27. The van der Waals surface area contributed by atoms with Crippen molar-refractivity contribution in [3.63, 3.8) is 0 Å². The lowest BCUT2D eigenvalue weighted by Crippen LogP contribution is -2.08. The number of fused-ring (bicyclic) bond motifs is 1. The van der Waals surface area contributed by atoms with Gasteiger partial charge in [-0.05, 0) is 66.6 Å². The fraction of sp³-hybridized carbons (Fsp3) is 0.217. The van der Waals surface area contributed by atoms with E-state index in [0.717, 1.165) is 40.7 Å². The quantitative estimate of drug-likeness (QED) is 0.433. The molecule has 2 aromatic rings. The van der Waals surface area contributed by atoms with Crippen LogP contribution in [0.1, 0.15) is 36.1 Å². The molecule has 0 bridgehead atoms. The average Bonchev–Trinajstić information content (AvgIpc) is 3.03. The summed E-state index contributed by atoms with van der Waals surface area (Å²) < 4.78 is 10.9. The van der Waals surface area contributed by atoms with Crippen molar-refractivity contribution < 1.29 is 19.1 Å². The molecular weight excluding hydrogens is 340 g/mol. The first-order chi connectivity index (χ1) is 12.9. The summed E-state index contributed by atoms with van der Waals surface area (Å²) in [5.41, 5.74) is 5.53. The van der Waals surface area contributed by atoms with E-state index in [0.29, 0.717) is 11.3 Å². The van der Waals surface area contributed by atoms with Crippen LogP contribution >= 0.6 is 0 Å². The fourth-order valence-electron chi connectivity index (χ4n) is 3.35. The summed E-state index contributed by atoms with van der Waals surface area (Å²) in [5, 5.41) is 0. The Labute approximate surface area is 159 Å². The number of aryl methyl sites for hydroxylation is 1. The van der Waals surface area contributed by atoms with Gasteiger partial charge in [0.2, 0.25) is 0 Å². The second-order valence-corrected chi connectivity index (χ2v) is 6.75. The molecule has 2 aromatic carbocycles. The van der Waals surface area contributed by atoms with E-state index in [1.165, 1.54) is 6.08 Å². The van der Waals surface area contributed by atoms with E-state index in [2.05, 4.69) is 19.2 Å². The van der Waals surface area contributed by atoms with Crippen LogP contribution in [0.5, 0.6) is 5.75 Å². The maximum atomic E-state index is 11.9. The molecule has 0 saturated heterocycles. The summed E-state index contributed by atoms with van der Waals surface area (Å²) in [6.45, 7) is 10.7. The van der Waals surface area contributed by atoms with E-state index in [4.69, 9.17) is 9.47 Å². The number of carbonyl (C=O) groups excluding carboxylic acids is 2. The van der Waals surface area contributed by atoms with Crippen LogP contribution in [-0.2, 0) is 20.7 Å². The molecule has 27 heavy (non-hydrogen) atoms. The molecule has 1 atom stereocenters. The minimum absolute atomic E-state index is 0.254. The minimum atomic E-state index is -0.443. The lowest BCUT2D eigenvalue weighted by molar-refractivity contribution is -0.143. The molecule has 0 amide bonds. The molecule has 0 aliphatic heterocycles. The Bertz CT molecular complexity index is 939. The van der Waals surface area contributed by atoms with E-state index in [1.54, 1.807) is 6.92 Å². The number of benzene rings is 2. The van der Waals surface area contributed by atoms with Crippen LogP contribution in [0.25, 0.3) is 11.1 Å². The second kappa shape index (κ2) is 7.62. The Morgan fingerprint density at radius 1 is 1.22 bits per heavy atom. The maximum Gasteiger partial charge on any atom is 0.338 e. The van der Waals surface area contributed by atoms with Gasteiger partial charge in [-0.1, -0.05) is 37.4 Å². The zero-order chi connectivity index (χ0) is 19.6. The highest BCUT2D eigenvalue weighted by molar-refractivity contribution is 5.89. The molecule has 0 saturated carbocycles. The van der Waals surface area contributed by atoms with Gasteiger partial charge in [0.05, 0.1) is 0 Å². The zero-order valence-electron chi connectivity index (χ0n) is 15.6. The Hall–Kier alpha value is -3.14. The van der Waals surface area contributed by atoms with Gasteiger partial charge in [0.25, 0.3) is 0 Å². The first-order valence-corrected chi connectivity index (χ1v) is 8.83. The van der Waals surface area contributed by atoms with Gasteiger partial charge in [0, 0.05) is 11.6 Å². The first-order valence-electron chi connectivity index (χ1n) is 8.83. The predicted molar refractivity (Wildman–Crippen MR) is 104 cm³/mol. The molecule has 0 fully saturated rings. The van der Waals surface area contributed by atoms with Crippen molar-refractivity contribution in [3.05, 3.63) is 77.9 Å². The number of hydrogen-bond donors (Lipinski definition) is 0. The van der Waals surface area contributed by atoms with Gasteiger partial charge in [0.1, 0.15) is 11.9 Å². The van der Waals surface area contributed by atoms with Crippen molar-refractivity contribution in [2.24, 2.45) is 0 Å². The van der Waals surface area contributed by atoms with Crippen LogP contribution in [0.2, 0.25) is 0 Å². The summed E-state index contributed by atoms with van der Waals surface area (Å²) in [6.07, 6.45) is 2.49. The van der Waals surface area contributed by atoms with E-state index in [9.17, 15) is 9.59 Å². The highest BCUT2D eigenvalue weighted by atomic mass is 16.5. The monoisotopic (exact) mass is 362 g/mol. The standard InChI is InChI=1S/C23H22O4/c1-5-22(24)27-21-10-9-19-18(7-6-8-20(19)21)16-11-15(4)12-17(13-16)26-23(25)14(2)3/h5-8,11-13,21H,1-2,9-10H2,3-4H3. The normalized spacial score (nSPS) is 15.0. The number of esters is 2. The van der Waals surface area contributed by atoms with Crippen LogP contribution in [0.4, 0.5) is 0 Å². The van der Waals surface area contributed by atoms with Crippen LogP contribution in [-0.4, -0.2) is 11.9 Å². The Balaban J connectivity index is 1.97. The highest BCUT2D eigenvalue weighted by Crippen LogP contribution is 2.40. The van der Waals surface area contributed by atoms with Crippen LogP contribution < -0.4 is 4.74 Å². The zero-order valence-corrected chi connectivity index (χ0v) is 15.6. The molecule has 4 heteroatoms. The van der Waals surface area contributed by atoms with Gasteiger partial charge in [-0.3, -0.25) is 0 Å². The van der Waals surface area contributed by atoms with Crippen molar-refractivity contribution in [3.8, 4) is 16.9 Å². The van der Waals surface area contributed by atoms with Gasteiger partial charge >= 0.3 is 11.9 Å². The van der Waals surface area contributed by atoms with Gasteiger partial charge in [-0.25, -0.2) is 9.59 Å². The average molecular weight is 362 g/mol. The van der Waals surface area contributed by atoms with Crippen molar-refractivity contribution in [2.75, 3.05) is 0 Å². The lowest BCUT2D eigenvalue weighted by Gasteiger charge is -2.14. The molecule has 0 radical (unpaired) electrons. The molecule has 138 valence electrons. The lowest BCUT2D eigenvalue weighted by atomic mass is 9.95. The summed E-state index contributed by atoms with van der Waals surface area (Å²) in [5.74, 6) is -0.368. The maximum absolute atomic E-state index is 11.9. The fourth-order valence-corrected chi connectivity index (χ4v) is 3.35. The molecule has 1 unspecified atom stereocenters. The number of rotatable bonds is 5. The molecule has 0 aromatic heterocycles. The van der Waals surface area contributed by atoms with Gasteiger partial charge in [-0.15, -0.1) is 0 Å². The molecular formula is C23H22O4. The van der Waals surface area contributed by atoms with Crippen molar-refractivity contribution in [1.29, 1.82) is 0 Å². The van der Waals surface area contributed by atoms with Crippen molar-refractivity contribution >= 4 is 11.9 Å². The number of ether oxygens (including phenoxy) is 2. The number of carbonyl (C=O) groups is 2. The van der Waals surface area contributed by atoms with Gasteiger partial charge in [-0.2, -0.15) is 0 Å². The smallest absolute Gasteiger partial charge is 0.338 e. The molecule has 0 spiro atoms. The van der Waals surface area contributed by atoms with Gasteiger partial charge in [0.15, 0.2) is 0 Å². The molecule has 0 N–H and O–H groups in total. The second-order valence-electron chi connectivity index (χ2n) is 6.75. The summed E-state index contributed by atoms with van der Waals surface area (Å²) in [6, 6.07) is 11.7. The number of hydrogen-bond acceptors (Lipinski definition) is 4. The van der Waals surface area contributed by atoms with Crippen LogP contribution in [0.15, 0.2) is 61.2 Å². The minimum Gasteiger partial charge on any atom is -0.454 e. The summed E-state index contributed by atoms with van der Waals surface area (Å²) >= 11 is 0. The van der Waals surface area contributed by atoms with E-state index in [1.807, 2.05) is 37.3 Å². The van der Waals surface area contributed by atoms with Crippen molar-refractivity contribution in [1.82, 2.24) is 0 Å². The van der Waals surface area contributed by atoms with E-state index in [-0.39, 0.29) is 6.10 Å². The SMILES string of the molecule is C=CC(=O)OC1CCc2c(-c3cc(C)cc(OC(=O)C(=C)C)c3)cccc21. The van der Waals surface area contributed by atoms with E-state index < -0.39 is 11.9 Å². The van der Waals surface area contributed by atoms with E-state index >= 15 is 0 Å². The first kappa shape index (κ1) is 18.6. The topological polar surface area (TPSA) is 52.6 Å². The molecule has 3 rings (SSSR count).